The molecule has 0 aliphatic rings. The van der Waals surface area contributed by atoms with Crippen LogP contribution < -0.4 is 9.62 Å². The molecule has 0 fully saturated rings. The average molecular weight is 655 g/mol. The highest BCUT2D eigenvalue weighted by atomic mass is 79.9. The van der Waals surface area contributed by atoms with Crippen LogP contribution in [0.3, 0.4) is 0 Å². The average Bonchev–Trinajstić information content (AvgIpc) is 2.92. The van der Waals surface area contributed by atoms with Gasteiger partial charge in [-0.15, -0.1) is 0 Å². The second kappa shape index (κ2) is 13.7. The van der Waals surface area contributed by atoms with E-state index < -0.39 is 28.5 Å². The van der Waals surface area contributed by atoms with Crippen molar-refractivity contribution in [1.29, 1.82) is 0 Å². The molecule has 0 saturated heterocycles. The lowest BCUT2D eigenvalue weighted by atomic mass is 10.1. The zero-order valence-electron chi connectivity index (χ0n) is 21.8. The fourth-order valence-corrected chi connectivity index (χ4v) is 5.89. The van der Waals surface area contributed by atoms with Gasteiger partial charge in [0, 0.05) is 22.1 Å². The number of rotatable bonds is 11. The van der Waals surface area contributed by atoms with Crippen molar-refractivity contribution in [2.75, 3.05) is 10.8 Å². The predicted octanol–water partition coefficient (Wildman–Crippen LogP) is 6.28. The van der Waals surface area contributed by atoms with Crippen molar-refractivity contribution < 1.29 is 18.0 Å². The third kappa shape index (κ3) is 7.97. The van der Waals surface area contributed by atoms with E-state index in [1.807, 2.05) is 38.1 Å². The highest BCUT2D eigenvalue weighted by Crippen LogP contribution is 2.33. The van der Waals surface area contributed by atoms with Crippen molar-refractivity contribution in [3.05, 3.63) is 92.9 Å². The Morgan fingerprint density at radius 2 is 1.62 bits per heavy atom. The molecule has 0 bridgehead atoms. The molecule has 3 aromatic carbocycles. The highest BCUT2D eigenvalue weighted by Gasteiger charge is 2.33. The number of benzene rings is 3. The number of halogens is 3. The number of hydrogen-bond acceptors (Lipinski definition) is 4. The first-order valence-electron chi connectivity index (χ1n) is 12.3. The Morgan fingerprint density at radius 3 is 2.23 bits per heavy atom. The zero-order chi connectivity index (χ0) is 28.7. The molecule has 0 radical (unpaired) electrons. The first kappa shape index (κ1) is 30.9. The summed E-state index contributed by atoms with van der Waals surface area (Å²) in [6, 6.07) is 18.5. The summed E-state index contributed by atoms with van der Waals surface area (Å²) in [5, 5.41) is 3.26. The largest absolute Gasteiger partial charge is 0.352 e. The Hall–Kier alpha value is -2.59. The molecule has 0 unspecified atom stereocenters. The Morgan fingerprint density at radius 1 is 0.974 bits per heavy atom. The van der Waals surface area contributed by atoms with Crippen LogP contribution in [-0.4, -0.2) is 43.8 Å². The minimum atomic E-state index is -4.23. The van der Waals surface area contributed by atoms with Gasteiger partial charge >= 0.3 is 0 Å². The Labute approximate surface area is 248 Å². The summed E-state index contributed by atoms with van der Waals surface area (Å²) in [5.41, 5.74) is 0.828. The molecule has 0 aromatic heterocycles. The van der Waals surface area contributed by atoms with Crippen LogP contribution in [0.4, 0.5) is 5.69 Å². The summed E-state index contributed by atoms with van der Waals surface area (Å²) in [4.78, 5) is 28.4. The molecule has 2 amide bonds. The van der Waals surface area contributed by atoms with E-state index in [9.17, 15) is 18.0 Å². The van der Waals surface area contributed by atoms with E-state index in [0.29, 0.717) is 0 Å². The van der Waals surface area contributed by atoms with Crippen LogP contribution in [0.15, 0.2) is 82.2 Å². The summed E-state index contributed by atoms with van der Waals surface area (Å²) in [7, 11) is -4.23. The SMILES string of the molecule is CC[C@H](C)NC(=O)[C@H](C)N(Cc1ccc(Br)cc1)C(=O)CN(c1cc(Cl)ccc1Cl)S(=O)(=O)c1ccccc1. The lowest BCUT2D eigenvalue weighted by Crippen LogP contribution is -2.52. The van der Waals surface area contributed by atoms with Crippen molar-refractivity contribution >= 4 is 66.7 Å². The summed E-state index contributed by atoms with van der Waals surface area (Å²) in [5.74, 6) is -0.923. The smallest absolute Gasteiger partial charge is 0.264 e. The number of hydrogen-bond donors (Lipinski definition) is 1. The molecule has 11 heteroatoms. The quantitative estimate of drug-likeness (QED) is 0.264. The summed E-state index contributed by atoms with van der Waals surface area (Å²) >= 11 is 16.0. The zero-order valence-corrected chi connectivity index (χ0v) is 25.7. The number of sulfonamides is 1. The van der Waals surface area contributed by atoms with Crippen molar-refractivity contribution in [2.45, 2.75) is 50.7 Å². The second-order valence-corrected chi connectivity index (χ2v) is 12.7. The predicted molar refractivity (Wildman–Crippen MR) is 159 cm³/mol. The molecule has 0 aliphatic carbocycles. The van der Waals surface area contributed by atoms with Gasteiger partial charge in [0.2, 0.25) is 11.8 Å². The number of nitrogens with zero attached hydrogens (tertiary/aromatic N) is 2. The first-order valence-corrected chi connectivity index (χ1v) is 15.3. The Bertz CT molecular complexity index is 1410. The third-order valence-electron chi connectivity index (χ3n) is 6.22. The van der Waals surface area contributed by atoms with Crippen molar-refractivity contribution in [2.24, 2.45) is 0 Å². The van der Waals surface area contributed by atoms with Gasteiger partial charge in [-0.2, -0.15) is 0 Å². The third-order valence-corrected chi connectivity index (χ3v) is 9.08. The molecule has 39 heavy (non-hydrogen) atoms. The topological polar surface area (TPSA) is 86.8 Å². The van der Waals surface area contributed by atoms with Gasteiger partial charge in [-0.25, -0.2) is 8.42 Å². The van der Waals surface area contributed by atoms with Crippen molar-refractivity contribution in [3.63, 3.8) is 0 Å². The fourth-order valence-electron chi connectivity index (χ4n) is 3.74. The van der Waals surface area contributed by atoms with Gasteiger partial charge < -0.3 is 10.2 Å². The van der Waals surface area contributed by atoms with E-state index >= 15 is 0 Å². The summed E-state index contributed by atoms with van der Waals surface area (Å²) < 4.78 is 29.4. The Balaban J connectivity index is 2.05. The van der Waals surface area contributed by atoms with Gasteiger partial charge in [-0.3, -0.25) is 13.9 Å². The van der Waals surface area contributed by atoms with E-state index in [0.717, 1.165) is 20.8 Å². The monoisotopic (exact) mass is 653 g/mol. The van der Waals surface area contributed by atoms with E-state index in [-0.39, 0.29) is 39.1 Å². The molecular formula is C28H30BrCl2N3O4S. The second-order valence-electron chi connectivity index (χ2n) is 9.06. The van der Waals surface area contributed by atoms with E-state index in [2.05, 4.69) is 21.2 Å². The van der Waals surface area contributed by atoms with E-state index in [1.165, 1.54) is 35.2 Å². The van der Waals surface area contributed by atoms with Crippen LogP contribution in [0.1, 0.15) is 32.8 Å². The fraction of sp³-hybridized carbons (Fsp3) is 0.286. The van der Waals surface area contributed by atoms with Crippen molar-refractivity contribution in [1.82, 2.24) is 10.2 Å². The van der Waals surface area contributed by atoms with Crippen LogP contribution in [-0.2, 0) is 26.2 Å². The van der Waals surface area contributed by atoms with Gasteiger partial charge in [0.05, 0.1) is 15.6 Å². The summed E-state index contributed by atoms with van der Waals surface area (Å²) in [6.07, 6.45) is 0.718. The van der Waals surface area contributed by atoms with E-state index in [4.69, 9.17) is 23.2 Å². The normalized spacial score (nSPS) is 12.9. The number of amides is 2. The maximum atomic E-state index is 13.9. The Kier molecular flexibility index (Phi) is 10.8. The molecule has 0 heterocycles. The van der Waals surface area contributed by atoms with Gasteiger partial charge in [0.15, 0.2) is 0 Å². The lowest BCUT2D eigenvalue weighted by Gasteiger charge is -2.32. The molecular weight excluding hydrogens is 625 g/mol. The molecule has 1 N–H and O–H groups in total. The summed E-state index contributed by atoms with van der Waals surface area (Å²) in [6.45, 7) is 4.93. The standard InChI is InChI=1S/C28H30BrCl2N3O4S/c1-4-19(2)32-28(36)20(3)33(17-21-10-12-22(29)13-11-21)27(35)18-34(26-16-23(30)14-15-25(26)31)39(37,38)24-8-6-5-7-9-24/h5-16,19-20H,4,17-18H2,1-3H3,(H,32,36)/t19-,20-/m0/s1. The molecule has 0 saturated carbocycles. The molecule has 3 rings (SSSR count). The van der Waals surface area contributed by atoms with Gasteiger partial charge in [0.25, 0.3) is 10.0 Å². The first-order chi connectivity index (χ1) is 18.4. The number of carbonyl (C=O) groups is 2. The molecule has 208 valence electrons. The number of nitrogens with one attached hydrogen (secondary N) is 1. The highest BCUT2D eigenvalue weighted by molar-refractivity contribution is 9.10. The number of carbonyl (C=O) groups excluding carboxylic acids is 2. The molecule has 7 nitrogen and oxygen atoms in total. The van der Waals surface area contributed by atoms with Crippen LogP contribution in [0.25, 0.3) is 0 Å². The van der Waals surface area contributed by atoms with Crippen LogP contribution in [0.2, 0.25) is 10.0 Å². The minimum absolute atomic E-state index is 0.0177. The molecule has 3 aromatic rings. The molecule has 0 aliphatic heterocycles. The van der Waals surface area contributed by atoms with Gasteiger partial charge in [-0.1, -0.05) is 76.4 Å². The van der Waals surface area contributed by atoms with E-state index in [1.54, 1.807) is 25.1 Å². The minimum Gasteiger partial charge on any atom is -0.352 e. The lowest BCUT2D eigenvalue weighted by molar-refractivity contribution is -0.139. The number of anilines is 1. The van der Waals surface area contributed by atoms with Crippen LogP contribution in [0.5, 0.6) is 0 Å². The van der Waals surface area contributed by atoms with Crippen LogP contribution in [0, 0.1) is 0 Å². The van der Waals surface area contributed by atoms with Gasteiger partial charge in [-0.05, 0) is 68.3 Å². The maximum Gasteiger partial charge on any atom is 0.264 e. The van der Waals surface area contributed by atoms with Crippen LogP contribution >= 0.6 is 39.1 Å². The molecule has 0 spiro atoms. The molecule has 2 atom stereocenters. The maximum absolute atomic E-state index is 13.9. The van der Waals surface area contributed by atoms with Crippen molar-refractivity contribution in [3.8, 4) is 0 Å². The van der Waals surface area contributed by atoms with Gasteiger partial charge in [0.1, 0.15) is 12.6 Å².